The van der Waals surface area contributed by atoms with Crippen LogP contribution in [0.25, 0.3) is 0 Å². The molecule has 0 atom stereocenters. The van der Waals surface area contributed by atoms with Crippen LogP contribution in [0, 0.1) is 6.92 Å². The van der Waals surface area contributed by atoms with Crippen LogP contribution in [0.4, 0.5) is 5.69 Å². The monoisotopic (exact) mass is 339 g/mol. The lowest BCUT2D eigenvalue weighted by Gasteiger charge is -2.09. The van der Waals surface area contributed by atoms with Crippen LogP contribution in [0.3, 0.4) is 0 Å². The zero-order chi connectivity index (χ0) is 17.9. The summed E-state index contributed by atoms with van der Waals surface area (Å²) >= 11 is 0. The molecule has 0 saturated carbocycles. The van der Waals surface area contributed by atoms with Crippen molar-refractivity contribution in [3.8, 4) is 5.75 Å². The van der Waals surface area contributed by atoms with Crippen molar-refractivity contribution < 1.29 is 9.53 Å². The largest absolute Gasteiger partial charge is 0.494 e. The van der Waals surface area contributed by atoms with E-state index in [0.717, 1.165) is 35.6 Å². The quantitative estimate of drug-likeness (QED) is 0.578. The summed E-state index contributed by atoms with van der Waals surface area (Å²) < 4.78 is 5.74. The van der Waals surface area contributed by atoms with Crippen LogP contribution >= 0.6 is 0 Å². The molecule has 2 rings (SSSR count). The predicted molar refractivity (Wildman–Crippen MR) is 104 cm³/mol. The maximum atomic E-state index is 12.2. The van der Waals surface area contributed by atoms with Gasteiger partial charge in [0.1, 0.15) is 5.75 Å². The molecule has 0 spiro atoms. The molecule has 134 valence electrons. The van der Waals surface area contributed by atoms with Crippen molar-refractivity contribution in [1.82, 2.24) is 0 Å². The fourth-order valence-electron chi connectivity index (χ4n) is 2.72. The first-order valence-corrected chi connectivity index (χ1v) is 9.26. The fourth-order valence-corrected chi connectivity index (χ4v) is 2.72. The van der Waals surface area contributed by atoms with E-state index in [4.69, 9.17) is 4.74 Å². The molecule has 1 amide bonds. The molecular formula is C22H29NO2. The van der Waals surface area contributed by atoms with Crippen LogP contribution in [0.2, 0.25) is 0 Å². The second kappa shape index (κ2) is 10.5. The Morgan fingerprint density at radius 2 is 1.68 bits per heavy atom. The van der Waals surface area contributed by atoms with Crippen LogP contribution in [0.15, 0.2) is 48.5 Å². The van der Waals surface area contributed by atoms with E-state index in [1.807, 2.05) is 55.5 Å². The van der Waals surface area contributed by atoms with Crippen molar-refractivity contribution >= 4 is 11.6 Å². The lowest BCUT2D eigenvalue weighted by molar-refractivity contribution is -0.115. The number of unbranched alkanes of at least 4 members (excludes halogenated alkanes) is 4. The Balaban J connectivity index is 1.74. The van der Waals surface area contributed by atoms with Crippen molar-refractivity contribution in [3.63, 3.8) is 0 Å². The number of carbonyl (C=O) groups is 1. The standard InChI is InChI=1S/C22H29NO2/c1-3-4-5-6-9-16-25-21-14-12-20(13-15-21)23-22(24)17-19-11-8-7-10-18(19)2/h7-8,10-15H,3-6,9,16-17H2,1-2H3,(H,23,24). The Morgan fingerprint density at radius 1 is 0.960 bits per heavy atom. The first-order valence-electron chi connectivity index (χ1n) is 9.26. The molecule has 0 heterocycles. The molecule has 0 aliphatic rings. The number of hydrogen-bond acceptors (Lipinski definition) is 2. The molecule has 0 saturated heterocycles. The maximum Gasteiger partial charge on any atom is 0.228 e. The van der Waals surface area contributed by atoms with Crippen LogP contribution in [0.5, 0.6) is 5.75 Å². The second-order valence-corrected chi connectivity index (χ2v) is 6.44. The molecule has 25 heavy (non-hydrogen) atoms. The summed E-state index contributed by atoms with van der Waals surface area (Å²) in [5.74, 6) is 0.853. The van der Waals surface area contributed by atoms with Gasteiger partial charge in [-0.2, -0.15) is 0 Å². The number of hydrogen-bond donors (Lipinski definition) is 1. The topological polar surface area (TPSA) is 38.3 Å². The van der Waals surface area contributed by atoms with Gasteiger partial charge in [-0.1, -0.05) is 56.9 Å². The molecule has 0 radical (unpaired) electrons. The van der Waals surface area contributed by atoms with Crippen LogP contribution in [0.1, 0.15) is 50.2 Å². The van der Waals surface area contributed by atoms with Gasteiger partial charge in [-0.05, 0) is 48.7 Å². The molecule has 0 unspecified atom stereocenters. The normalized spacial score (nSPS) is 10.5. The molecular weight excluding hydrogens is 310 g/mol. The Bertz CT molecular complexity index is 649. The van der Waals surface area contributed by atoms with Gasteiger partial charge < -0.3 is 10.1 Å². The summed E-state index contributed by atoms with van der Waals surface area (Å²) in [6.45, 7) is 5.00. The van der Waals surface area contributed by atoms with Gasteiger partial charge in [-0.15, -0.1) is 0 Å². The van der Waals surface area contributed by atoms with E-state index in [2.05, 4.69) is 12.2 Å². The lowest BCUT2D eigenvalue weighted by Crippen LogP contribution is -2.14. The molecule has 1 N–H and O–H groups in total. The Morgan fingerprint density at radius 3 is 2.40 bits per heavy atom. The van der Waals surface area contributed by atoms with Gasteiger partial charge in [-0.3, -0.25) is 4.79 Å². The minimum atomic E-state index is -0.00103. The molecule has 0 aliphatic carbocycles. The maximum absolute atomic E-state index is 12.2. The van der Waals surface area contributed by atoms with Crippen LogP contribution < -0.4 is 10.1 Å². The number of nitrogens with one attached hydrogen (secondary N) is 1. The summed E-state index contributed by atoms with van der Waals surface area (Å²) in [6.07, 6.45) is 6.55. The number of aryl methyl sites for hydroxylation is 1. The molecule has 0 bridgehead atoms. The summed E-state index contributed by atoms with van der Waals surface area (Å²) in [5, 5.41) is 2.94. The van der Waals surface area contributed by atoms with Crippen LogP contribution in [-0.2, 0) is 11.2 Å². The summed E-state index contributed by atoms with van der Waals surface area (Å²) in [6, 6.07) is 15.6. The fraction of sp³-hybridized carbons (Fsp3) is 0.409. The smallest absolute Gasteiger partial charge is 0.228 e. The van der Waals surface area contributed by atoms with Gasteiger partial charge in [0.25, 0.3) is 0 Å². The molecule has 0 aliphatic heterocycles. The van der Waals surface area contributed by atoms with Gasteiger partial charge in [-0.25, -0.2) is 0 Å². The van der Waals surface area contributed by atoms with Gasteiger partial charge in [0.2, 0.25) is 5.91 Å². The third-order valence-corrected chi connectivity index (χ3v) is 4.27. The first-order chi connectivity index (χ1) is 12.2. The van der Waals surface area contributed by atoms with Crippen molar-refractivity contribution in [1.29, 1.82) is 0 Å². The number of benzene rings is 2. The molecule has 3 nitrogen and oxygen atoms in total. The highest BCUT2D eigenvalue weighted by Crippen LogP contribution is 2.17. The number of anilines is 1. The van der Waals surface area contributed by atoms with Gasteiger partial charge in [0.05, 0.1) is 13.0 Å². The van der Waals surface area contributed by atoms with Crippen molar-refractivity contribution in [2.45, 2.75) is 52.4 Å². The number of amides is 1. The summed E-state index contributed by atoms with van der Waals surface area (Å²) in [5.41, 5.74) is 3.00. The number of ether oxygens (including phenoxy) is 1. The van der Waals surface area contributed by atoms with Gasteiger partial charge >= 0.3 is 0 Å². The van der Waals surface area contributed by atoms with Crippen molar-refractivity contribution in [2.24, 2.45) is 0 Å². The second-order valence-electron chi connectivity index (χ2n) is 6.44. The lowest BCUT2D eigenvalue weighted by atomic mass is 10.1. The summed E-state index contributed by atoms with van der Waals surface area (Å²) in [4.78, 5) is 12.2. The van der Waals surface area contributed by atoms with E-state index in [0.29, 0.717) is 6.42 Å². The van der Waals surface area contributed by atoms with Gasteiger partial charge in [0, 0.05) is 5.69 Å². The van der Waals surface area contributed by atoms with Gasteiger partial charge in [0.15, 0.2) is 0 Å². The Labute approximate surface area is 151 Å². The molecule has 0 aromatic heterocycles. The third-order valence-electron chi connectivity index (χ3n) is 4.27. The average molecular weight is 339 g/mol. The van der Waals surface area contributed by atoms with Crippen molar-refractivity contribution in [3.05, 3.63) is 59.7 Å². The highest BCUT2D eigenvalue weighted by molar-refractivity contribution is 5.92. The predicted octanol–water partition coefficient (Wildman–Crippen LogP) is 5.53. The minimum Gasteiger partial charge on any atom is -0.494 e. The molecule has 0 fully saturated rings. The number of rotatable bonds is 10. The molecule has 2 aromatic rings. The zero-order valence-corrected chi connectivity index (χ0v) is 15.4. The highest BCUT2D eigenvalue weighted by atomic mass is 16.5. The molecule has 3 heteroatoms. The highest BCUT2D eigenvalue weighted by Gasteiger charge is 2.06. The first kappa shape index (κ1) is 19.0. The van der Waals surface area contributed by atoms with E-state index in [1.54, 1.807) is 0 Å². The zero-order valence-electron chi connectivity index (χ0n) is 15.4. The van der Waals surface area contributed by atoms with Crippen LogP contribution in [-0.4, -0.2) is 12.5 Å². The third kappa shape index (κ3) is 7.00. The van der Waals surface area contributed by atoms with E-state index in [-0.39, 0.29) is 5.91 Å². The van der Waals surface area contributed by atoms with E-state index < -0.39 is 0 Å². The molecule has 2 aromatic carbocycles. The van der Waals surface area contributed by atoms with Crippen molar-refractivity contribution in [2.75, 3.05) is 11.9 Å². The number of carbonyl (C=O) groups excluding carboxylic acids is 1. The summed E-state index contributed by atoms with van der Waals surface area (Å²) in [7, 11) is 0. The van der Waals surface area contributed by atoms with E-state index in [1.165, 1.54) is 25.7 Å². The Kier molecular flexibility index (Phi) is 8.03. The average Bonchev–Trinajstić information content (AvgIpc) is 2.61. The SMILES string of the molecule is CCCCCCCOc1ccc(NC(=O)Cc2ccccc2C)cc1. The van der Waals surface area contributed by atoms with E-state index in [9.17, 15) is 4.79 Å². The van der Waals surface area contributed by atoms with E-state index >= 15 is 0 Å². The Hall–Kier alpha value is -2.29. The minimum absolute atomic E-state index is 0.00103.